The predicted octanol–water partition coefficient (Wildman–Crippen LogP) is 3.92. The van der Waals surface area contributed by atoms with Gasteiger partial charge in [0.15, 0.2) is 0 Å². The summed E-state index contributed by atoms with van der Waals surface area (Å²) in [6.07, 6.45) is 5.44. The molecule has 0 spiro atoms. The lowest BCUT2D eigenvalue weighted by Gasteiger charge is -2.30. The molecule has 2 nitrogen and oxygen atoms in total. The molecule has 2 aliphatic rings. The molecule has 0 saturated heterocycles. The minimum Gasteiger partial charge on any atom is -0.352 e. The van der Waals surface area contributed by atoms with Crippen LogP contribution < -0.4 is 5.32 Å². The minimum atomic E-state index is -0.559. The van der Waals surface area contributed by atoms with E-state index in [9.17, 15) is 9.18 Å². The van der Waals surface area contributed by atoms with E-state index in [0.717, 1.165) is 44.1 Å². The Bertz CT molecular complexity index is 739. The Hall–Kier alpha value is -2.16. The number of amides is 1. The standard InChI is InChI=1S/C21H22FNO/c22-18-9-5-8-17(14-18)21(10-3-4-11-21)20(24)23-19-12-15-6-1-2-7-16(15)13-19/h1-2,5-9,14,19H,3-4,10-13H2,(H,23,24). The van der Waals surface area contributed by atoms with Gasteiger partial charge in [-0.2, -0.15) is 0 Å². The highest BCUT2D eigenvalue weighted by molar-refractivity contribution is 5.89. The molecule has 1 saturated carbocycles. The van der Waals surface area contributed by atoms with Crippen LogP contribution in [0.25, 0.3) is 0 Å². The van der Waals surface area contributed by atoms with Gasteiger partial charge in [0.1, 0.15) is 5.82 Å². The highest BCUT2D eigenvalue weighted by Gasteiger charge is 2.43. The summed E-state index contributed by atoms with van der Waals surface area (Å²) in [5, 5.41) is 3.27. The molecule has 0 unspecified atom stereocenters. The molecule has 1 amide bonds. The van der Waals surface area contributed by atoms with Gasteiger partial charge in [-0.15, -0.1) is 0 Å². The quantitative estimate of drug-likeness (QED) is 0.911. The molecule has 2 aromatic rings. The first kappa shape index (κ1) is 15.4. The lowest BCUT2D eigenvalue weighted by atomic mass is 9.77. The third-order valence-electron chi connectivity index (χ3n) is 5.66. The van der Waals surface area contributed by atoms with Crippen LogP contribution in [0.1, 0.15) is 42.4 Å². The first-order valence-corrected chi connectivity index (χ1v) is 8.81. The predicted molar refractivity (Wildman–Crippen MR) is 92.3 cm³/mol. The van der Waals surface area contributed by atoms with Crippen molar-refractivity contribution in [2.24, 2.45) is 0 Å². The Morgan fingerprint density at radius 3 is 2.29 bits per heavy atom. The molecule has 3 heteroatoms. The number of carbonyl (C=O) groups excluding carboxylic acids is 1. The van der Waals surface area contributed by atoms with Crippen molar-refractivity contribution in [3.63, 3.8) is 0 Å². The average Bonchev–Trinajstić information content (AvgIpc) is 3.22. The van der Waals surface area contributed by atoms with Crippen molar-refractivity contribution >= 4 is 5.91 Å². The fourth-order valence-electron chi connectivity index (χ4n) is 4.40. The van der Waals surface area contributed by atoms with Crippen molar-refractivity contribution in [1.29, 1.82) is 0 Å². The maximum atomic E-state index is 13.7. The molecule has 1 fully saturated rings. The summed E-state index contributed by atoms with van der Waals surface area (Å²) in [4.78, 5) is 13.2. The molecule has 0 atom stereocenters. The molecule has 4 rings (SSSR count). The maximum Gasteiger partial charge on any atom is 0.230 e. The van der Waals surface area contributed by atoms with E-state index < -0.39 is 5.41 Å². The van der Waals surface area contributed by atoms with Crippen LogP contribution >= 0.6 is 0 Å². The highest BCUT2D eigenvalue weighted by Crippen LogP contribution is 2.42. The van der Waals surface area contributed by atoms with E-state index >= 15 is 0 Å². The summed E-state index contributed by atoms with van der Waals surface area (Å²) >= 11 is 0. The van der Waals surface area contributed by atoms with E-state index in [2.05, 4.69) is 17.4 Å². The largest absolute Gasteiger partial charge is 0.352 e. The summed E-state index contributed by atoms with van der Waals surface area (Å²) in [5.74, 6) is -0.191. The topological polar surface area (TPSA) is 29.1 Å². The van der Waals surface area contributed by atoms with Gasteiger partial charge in [0, 0.05) is 6.04 Å². The zero-order chi connectivity index (χ0) is 16.6. The van der Waals surface area contributed by atoms with Crippen molar-refractivity contribution in [2.75, 3.05) is 0 Å². The van der Waals surface area contributed by atoms with E-state index in [-0.39, 0.29) is 17.8 Å². The summed E-state index contributed by atoms with van der Waals surface area (Å²) < 4.78 is 13.7. The first-order chi connectivity index (χ1) is 11.7. The van der Waals surface area contributed by atoms with E-state index in [1.807, 2.05) is 18.2 Å². The highest BCUT2D eigenvalue weighted by atomic mass is 19.1. The van der Waals surface area contributed by atoms with Crippen molar-refractivity contribution in [2.45, 2.75) is 50.0 Å². The number of carbonyl (C=O) groups is 1. The smallest absolute Gasteiger partial charge is 0.230 e. The summed E-state index contributed by atoms with van der Waals surface area (Å²) in [6, 6.07) is 15.1. The summed E-state index contributed by atoms with van der Waals surface area (Å²) in [6.45, 7) is 0. The van der Waals surface area contributed by atoms with Gasteiger partial charge in [-0.1, -0.05) is 49.2 Å². The van der Waals surface area contributed by atoms with Crippen LogP contribution in [0.5, 0.6) is 0 Å². The average molecular weight is 323 g/mol. The zero-order valence-corrected chi connectivity index (χ0v) is 13.7. The third kappa shape index (κ3) is 2.62. The molecule has 0 aromatic heterocycles. The number of benzene rings is 2. The molecule has 2 aliphatic carbocycles. The number of fused-ring (bicyclic) bond motifs is 1. The van der Waals surface area contributed by atoms with Gasteiger partial charge >= 0.3 is 0 Å². The van der Waals surface area contributed by atoms with Crippen LogP contribution in [-0.2, 0) is 23.1 Å². The number of hydrogen-bond donors (Lipinski definition) is 1. The van der Waals surface area contributed by atoms with Crippen LogP contribution in [0.2, 0.25) is 0 Å². The van der Waals surface area contributed by atoms with Crippen molar-refractivity contribution in [3.05, 3.63) is 71.0 Å². The van der Waals surface area contributed by atoms with Crippen molar-refractivity contribution in [1.82, 2.24) is 5.32 Å². The lowest BCUT2D eigenvalue weighted by Crippen LogP contribution is -2.47. The Kier molecular flexibility index (Phi) is 3.87. The van der Waals surface area contributed by atoms with Gasteiger partial charge in [0.2, 0.25) is 5.91 Å². The first-order valence-electron chi connectivity index (χ1n) is 8.81. The van der Waals surface area contributed by atoms with Crippen LogP contribution in [0, 0.1) is 5.82 Å². The van der Waals surface area contributed by atoms with E-state index in [1.54, 1.807) is 6.07 Å². The van der Waals surface area contributed by atoms with Gasteiger partial charge in [-0.25, -0.2) is 4.39 Å². The van der Waals surface area contributed by atoms with Crippen LogP contribution in [-0.4, -0.2) is 11.9 Å². The fraction of sp³-hybridized carbons (Fsp3) is 0.381. The van der Waals surface area contributed by atoms with Gasteiger partial charge in [0.25, 0.3) is 0 Å². The van der Waals surface area contributed by atoms with Crippen molar-refractivity contribution < 1.29 is 9.18 Å². The molecule has 0 aliphatic heterocycles. The van der Waals surface area contributed by atoms with Gasteiger partial charge in [-0.05, 0) is 54.5 Å². The summed E-state index contributed by atoms with van der Waals surface area (Å²) in [5.41, 5.74) is 2.92. The fourth-order valence-corrected chi connectivity index (χ4v) is 4.40. The Morgan fingerprint density at radius 2 is 1.67 bits per heavy atom. The molecular formula is C21H22FNO. The second kappa shape index (κ2) is 6.04. The molecule has 24 heavy (non-hydrogen) atoms. The van der Waals surface area contributed by atoms with Gasteiger partial charge < -0.3 is 5.32 Å². The van der Waals surface area contributed by atoms with E-state index in [0.29, 0.717) is 0 Å². The van der Waals surface area contributed by atoms with Crippen molar-refractivity contribution in [3.8, 4) is 0 Å². The van der Waals surface area contributed by atoms with Crippen LogP contribution in [0.15, 0.2) is 48.5 Å². The van der Waals surface area contributed by atoms with Gasteiger partial charge in [-0.3, -0.25) is 4.79 Å². The third-order valence-corrected chi connectivity index (χ3v) is 5.66. The molecule has 0 heterocycles. The number of nitrogens with one attached hydrogen (secondary N) is 1. The molecular weight excluding hydrogens is 301 g/mol. The lowest BCUT2D eigenvalue weighted by molar-refractivity contribution is -0.127. The zero-order valence-electron chi connectivity index (χ0n) is 13.7. The van der Waals surface area contributed by atoms with E-state index in [4.69, 9.17) is 0 Å². The van der Waals surface area contributed by atoms with Gasteiger partial charge in [0.05, 0.1) is 5.41 Å². The number of halogens is 1. The molecule has 0 radical (unpaired) electrons. The Labute approximate surface area is 142 Å². The van der Waals surface area contributed by atoms with Crippen LogP contribution in [0.3, 0.4) is 0 Å². The SMILES string of the molecule is O=C(NC1Cc2ccccc2C1)C1(c2cccc(F)c2)CCCC1. The molecule has 124 valence electrons. The number of rotatable bonds is 3. The normalized spacial score (nSPS) is 19.2. The second-order valence-corrected chi connectivity index (χ2v) is 7.15. The maximum absolute atomic E-state index is 13.7. The Balaban J connectivity index is 1.56. The minimum absolute atomic E-state index is 0.0726. The number of hydrogen-bond acceptors (Lipinski definition) is 1. The van der Waals surface area contributed by atoms with E-state index in [1.165, 1.54) is 23.3 Å². The molecule has 1 N–H and O–H groups in total. The Morgan fingerprint density at radius 1 is 1.00 bits per heavy atom. The molecule has 0 bridgehead atoms. The summed E-state index contributed by atoms with van der Waals surface area (Å²) in [7, 11) is 0. The second-order valence-electron chi connectivity index (χ2n) is 7.15. The van der Waals surface area contributed by atoms with Crippen LogP contribution in [0.4, 0.5) is 4.39 Å². The molecule has 2 aromatic carbocycles. The monoisotopic (exact) mass is 323 g/mol.